The first-order valence-electron chi connectivity index (χ1n) is 5.72. The molecule has 1 N–H and O–H groups in total. The fourth-order valence-electron chi connectivity index (χ4n) is 1.89. The number of halogens is 2. The van der Waals surface area contributed by atoms with E-state index in [-0.39, 0.29) is 0 Å². The summed E-state index contributed by atoms with van der Waals surface area (Å²) in [4.78, 5) is 4.33. The molecule has 0 saturated heterocycles. The molecule has 1 aromatic heterocycles. The average molecular weight is 284 g/mol. The summed E-state index contributed by atoms with van der Waals surface area (Å²) in [5.74, 6) is 0.955. The average Bonchev–Trinajstić information content (AvgIpc) is 2.66. The number of imidazole rings is 1. The van der Waals surface area contributed by atoms with Gasteiger partial charge in [0.2, 0.25) is 0 Å². The van der Waals surface area contributed by atoms with Gasteiger partial charge in [0.05, 0.1) is 12.2 Å². The van der Waals surface area contributed by atoms with Gasteiger partial charge in [0, 0.05) is 28.4 Å². The Hall–Kier alpha value is -1.03. The van der Waals surface area contributed by atoms with E-state index in [2.05, 4.69) is 14.9 Å². The van der Waals surface area contributed by atoms with Gasteiger partial charge in [-0.3, -0.25) is 0 Å². The number of hydrogen-bond donors (Lipinski definition) is 1. The van der Waals surface area contributed by atoms with Crippen LogP contribution in [0.4, 0.5) is 0 Å². The summed E-state index contributed by atoms with van der Waals surface area (Å²) in [5, 5.41) is 4.50. The van der Waals surface area contributed by atoms with E-state index in [1.165, 1.54) is 0 Å². The minimum absolute atomic E-state index is 0.640. The van der Waals surface area contributed by atoms with Crippen molar-refractivity contribution in [1.82, 2.24) is 14.9 Å². The van der Waals surface area contributed by atoms with Crippen molar-refractivity contribution in [1.29, 1.82) is 0 Å². The van der Waals surface area contributed by atoms with Crippen molar-refractivity contribution in [3.8, 4) is 0 Å². The van der Waals surface area contributed by atoms with E-state index in [4.69, 9.17) is 23.2 Å². The lowest BCUT2D eigenvalue weighted by Crippen LogP contribution is -2.13. The van der Waals surface area contributed by atoms with E-state index in [1.54, 1.807) is 0 Å². The van der Waals surface area contributed by atoms with E-state index < -0.39 is 0 Å². The molecular formula is C13H15Cl2N3. The number of aromatic nitrogens is 2. The first-order chi connectivity index (χ1) is 8.63. The molecule has 0 saturated carbocycles. The third kappa shape index (κ3) is 2.69. The Morgan fingerprint density at radius 2 is 1.94 bits per heavy atom. The lowest BCUT2D eigenvalue weighted by Gasteiger charge is -2.12. The molecule has 1 heterocycles. The Labute approximate surface area is 117 Å². The highest BCUT2D eigenvalue weighted by molar-refractivity contribution is 6.35. The predicted molar refractivity (Wildman–Crippen MR) is 75.3 cm³/mol. The van der Waals surface area contributed by atoms with Gasteiger partial charge in [-0.05, 0) is 26.1 Å². The SMILES string of the molecule is CNCc1cnc(C)n1Cc1c(Cl)cccc1Cl. The lowest BCUT2D eigenvalue weighted by atomic mass is 10.2. The molecule has 18 heavy (non-hydrogen) atoms. The Morgan fingerprint density at radius 3 is 2.56 bits per heavy atom. The first kappa shape index (κ1) is 13.4. The molecule has 2 rings (SSSR count). The molecule has 96 valence electrons. The summed E-state index contributed by atoms with van der Waals surface area (Å²) in [6, 6.07) is 5.56. The van der Waals surface area contributed by atoms with Crippen molar-refractivity contribution < 1.29 is 0 Å². The molecule has 3 nitrogen and oxygen atoms in total. The first-order valence-corrected chi connectivity index (χ1v) is 6.47. The van der Waals surface area contributed by atoms with Gasteiger partial charge in [0.1, 0.15) is 5.82 Å². The number of benzene rings is 1. The standard InChI is InChI=1S/C13H15Cl2N3/c1-9-17-7-10(6-16-2)18(9)8-11-12(14)4-3-5-13(11)15/h3-5,7,16H,6,8H2,1-2H3. The molecule has 0 amide bonds. The zero-order valence-electron chi connectivity index (χ0n) is 10.4. The van der Waals surface area contributed by atoms with E-state index in [1.807, 2.05) is 38.4 Å². The number of aryl methyl sites for hydroxylation is 1. The van der Waals surface area contributed by atoms with Crippen LogP contribution in [-0.4, -0.2) is 16.6 Å². The summed E-state index contributed by atoms with van der Waals surface area (Å²) in [7, 11) is 1.91. The van der Waals surface area contributed by atoms with Crippen LogP contribution >= 0.6 is 23.2 Å². The zero-order chi connectivity index (χ0) is 13.1. The maximum Gasteiger partial charge on any atom is 0.106 e. The smallest absolute Gasteiger partial charge is 0.106 e. The predicted octanol–water partition coefficient (Wildman–Crippen LogP) is 3.27. The van der Waals surface area contributed by atoms with Gasteiger partial charge in [0.15, 0.2) is 0 Å². The third-order valence-electron chi connectivity index (χ3n) is 2.87. The maximum absolute atomic E-state index is 6.19. The molecule has 2 aromatic rings. The zero-order valence-corrected chi connectivity index (χ0v) is 11.9. The minimum Gasteiger partial charge on any atom is -0.326 e. The molecule has 0 radical (unpaired) electrons. The molecule has 0 aliphatic rings. The van der Waals surface area contributed by atoms with Crippen molar-refractivity contribution in [3.63, 3.8) is 0 Å². The van der Waals surface area contributed by atoms with E-state index in [9.17, 15) is 0 Å². The highest BCUT2D eigenvalue weighted by Gasteiger charge is 2.11. The van der Waals surface area contributed by atoms with Crippen LogP contribution in [0.5, 0.6) is 0 Å². The molecule has 0 bridgehead atoms. The summed E-state index contributed by atoms with van der Waals surface area (Å²) in [5.41, 5.74) is 2.05. The molecule has 0 spiro atoms. The molecule has 5 heteroatoms. The largest absolute Gasteiger partial charge is 0.326 e. The van der Waals surface area contributed by atoms with Crippen LogP contribution in [0.25, 0.3) is 0 Å². The van der Waals surface area contributed by atoms with Gasteiger partial charge >= 0.3 is 0 Å². The van der Waals surface area contributed by atoms with Crippen molar-refractivity contribution in [2.24, 2.45) is 0 Å². The maximum atomic E-state index is 6.19. The summed E-state index contributed by atoms with van der Waals surface area (Å²) >= 11 is 12.4. The molecule has 0 atom stereocenters. The van der Waals surface area contributed by atoms with Crippen LogP contribution in [0.1, 0.15) is 17.1 Å². The van der Waals surface area contributed by atoms with Crippen LogP contribution in [0.3, 0.4) is 0 Å². The summed E-state index contributed by atoms with van der Waals surface area (Å²) in [6.45, 7) is 3.38. The van der Waals surface area contributed by atoms with Crippen LogP contribution < -0.4 is 5.32 Å². The van der Waals surface area contributed by atoms with Gasteiger partial charge in [0.25, 0.3) is 0 Å². The normalized spacial score (nSPS) is 10.9. The van der Waals surface area contributed by atoms with Crippen molar-refractivity contribution in [2.75, 3.05) is 7.05 Å². The highest BCUT2D eigenvalue weighted by Crippen LogP contribution is 2.26. The van der Waals surface area contributed by atoms with Crippen LogP contribution in [0, 0.1) is 6.92 Å². The highest BCUT2D eigenvalue weighted by atomic mass is 35.5. The molecule has 1 aromatic carbocycles. The fraction of sp³-hybridized carbons (Fsp3) is 0.308. The summed E-state index contributed by atoms with van der Waals surface area (Å²) in [6.07, 6.45) is 1.87. The van der Waals surface area contributed by atoms with Crippen molar-refractivity contribution >= 4 is 23.2 Å². The fourth-order valence-corrected chi connectivity index (χ4v) is 2.41. The second-order valence-corrected chi connectivity index (χ2v) is 4.93. The van der Waals surface area contributed by atoms with Gasteiger partial charge in [-0.25, -0.2) is 4.98 Å². The summed E-state index contributed by atoms with van der Waals surface area (Å²) < 4.78 is 2.11. The van der Waals surface area contributed by atoms with Gasteiger partial charge in [-0.1, -0.05) is 29.3 Å². The van der Waals surface area contributed by atoms with E-state index in [0.29, 0.717) is 16.6 Å². The topological polar surface area (TPSA) is 29.9 Å². The molecule has 0 fully saturated rings. The second-order valence-electron chi connectivity index (χ2n) is 4.11. The van der Waals surface area contributed by atoms with Crippen LogP contribution in [-0.2, 0) is 13.1 Å². The number of nitrogens with one attached hydrogen (secondary N) is 1. The van der Waals surface area contributed by atoms with Gasteiger partial charge < -0.3 is 9.88 Å². The molecule has 0 aliphatic carbocycles. The number of hydrogen-bond acceptors (Lipinski definition) is 2. The van der Waals surface area contributed by atoms with Gasteiger partial charge in [-0.15, -0.1) is 0 Å². The van der Waals surface area contributed by atoms with Crippen LogP contribution in [0.15, 0.2) is 24.4 Å². The van der Waals surface area contributed by atoms with Gasteiger partial charge in [-0.2, -0.15) is 0 Å². The Morgan fingerprint density at radius 1 is 1.28 bits per heavy atom. The van der Waals surface area contributed by atoms with Crippen LogP contribution in [0.2, 0.25) is 10.0 Å². The molecule has 0 unspecified atom stereocenters. The van der Waals surface area contributed by atoms with E-state index in [0.717, 1.165) is 23.6 Å². The third-order valence-corrected chi connectivity index (χ3v) is 3.58. The minimum atomic E-state index is 0.640. The van der Waals surface area contributed by atoms with Crippen molar-refractivity contribution in [2.45, 2.75) is 20.0 Å². The Bertz CT molecular complexity index is 529. The number of nitrogens with zero attached hydrogens (tertiary/aromatic N) is 2. The Kier molecular flexibility index (Phi) is 4.27. The Balaban J connectivity index is 2.36. The monoisotopic (exact) mass is 283 g/mol. The second kappa shape index (κ2) is 5.74. The molecule has 0 aliphatic heterocycles. The number of rotatable bonds is 4. The lowest BCUT2D eigenvalue weighted by molar-refractivity contribution is 0.676. The van der Waals surface area contributed by atoms with E-state index >= 15 is 0 Å². The molecular weight excluding hydrogens is 269 g/mol. The quantitative estimate of drug-likeness (QED) is 0.933. The van der Waals surface area contributed by atoms with Crippen molar-refractivity contribution in [3.05, 3.63) is 51.5 Å².